The van der Waals surface area contributed by atoms with E-state index >= 15 is 0 Å². The molecule has 1 fully saturated rings. The predicted octanol–water partition coefficient (Wildman–Crippen LogP) is 2.23. The number of hydrogen-bond acceptors (Lipinski definition) is 3. The lowest BCUT2D eigenvalue weighted by Gasteiger charge is -2.44. The highest BCUT2D eigenvalue weighted by atomic mass is 16.5. The van der Waals surface area contributed by atoms with Gasteiger partial charge in [-0.25, -0.2) is 0 Å². The van der Waals surface area contributed by atoms with Crippen LogP contribution in [-0.2, 0) is 9.59 Å². The van der Waals surface area contributed by atoms with Crippen LogP contribution in [0.15, 0.2) is 42.5 Å². The van der Waals surface area contributed by atoms with Crippen LogP contribution < -0.4 is 4.74 Å². The first-order chi connectivity index (χ1) is 11.8. The fourth-order valence-electron chi connectivity index (χ4n) is 3.12. The average Bonchev–Trinajstić information content (AvgIpc) is 2.60. The van der Waals surface area contributed by atoms with Crippen LogP contribution in [0.4, 0.5) is 0 Å². The molecule has 1 saturated heterocycles. The van der Waals surface area contributed by atoms with E-state index in [2.05, 4.69) is 12.2 Å². The number of carbonyl (C=O) groups is 2. The lowest BCUT2D eigenvalue weighted by Crippen LogP contribution is -2.65. The van der Waals surface area contributed by atoms with E-state index < -0.39 is 0 Å². The van der Waals surface area contributed by atoms with Gasteiger partial charge in [-0.15, -0.1) is 0 Å². The molecule has 0 aliphatic carbocycles. The smallest absolute Gasteiger partial charge is 0.261 e. The summed E-state index contributed by atoms with van der Waals surface area (Å²) in [6.07, 6.45) is 8.16. The van der Waals surface area contributed by atoms with Crippen molar-refractivity contribution < 1.29 is 14.3 Å². The summed E-state index contributed by atoms with van der Waals surface area (Å²) in [5, 5.41) is 0. The van der Waals surface area contributed by atoms with Crippen LogP contribution in [0, 0.1) is 0 Å². The third-order valence-corrected chi connectivity index (χ3v) is 4.53. The van der Waals surface area contributed by atoms with E-state index in [0.717, 1.165) is 32.2 Å². The van der Waals surface area contributed by atoms with Gasteiger partial charge in [-0.2, -0.15) is 0 Å². The fourth-order valence-corrected chi connectivity index (χ4v) is 3.12. The van der Waals surface area contributed by atoms with Crippen molar-refractivity contribution in [1.82, 2.24) is 9.80 Å². The molecule has 0 radical (unpaired) electrons. The number of para-hydroxylation sites is 1. The van der Waals surface area contributed by atoms with Crippen molar-refractivity contribution in [3.05, 3.63) is 42.5 Å². The summed E-state index contributed by atoms with van der Waals surface area (Å²) in [5.74, 6) is 0.634. The van der Waals surface area contributed by atoms with Crippen LogP contribution in [-0.4, -0.2) is 53.9 Å². The molecule has 0 aromatic heterocycles. The van der Waals surface area contributed by atoms with Gasteiger partial charge in [-0.3, -0.25) is 9.59 Å². The molecule has 24 heavy (non-hydrogen) atoms. The molecule has 2 amide bonds. The lowest BCUT2D eigenvalue weighted by molar-refractivity contribution is -0.158. The van der Waals surface area contributed by atoms with Crippen molar-refractivity contribution in [1.29, 1.82) is 0 Å². The Balaban J connectivity index is 1.62. The molecule has 3 aliphatic heterocycles. The van der Waals surface area contributed by atoms with Crippen LogP contribution in [0.5, 0.6) is 5.75 Å². The SMILES string of the molecule is O=C1[C@@H]2CN1CCC/C=C\CCCN2C(=O)COc1ccccc1. The van der Waals surface area contributed by atoms with E-state index in [4.69, 9.17) is 4.74 Å². The molecule has 0 N–H and O–H groups in total. The van der Waals surface area contributed by atoms with E-state index in [-0.39, 0.29) is 24.5 Å². The van der Waals surface area contributed by atoms with Crippen LogP contribution in [0.3, 0.4) is 0 Å². The number of nitrogens with zero attached hydrogens (tertiary/aromatic N) is 2. The third kappa shape index (κ3) is 3.96. The highest BCUT2D eigenvalue weighted by Gasteiger charge is 2.42. The van der Waals surface area contributed by atoms with Crippen molar-refractivity contribution >= 4 is 11.8 Å². The van der Waals surface area contributed by atoms with Crippen LogP contribution >= 0.6 is 0 Å². The molecular weight excluding hydrogens is 304 g/mol. The van der Waals surface area contributed by atoms with Crippen molar-refractivity contribution in [3.63, 3.8) is 0 Å². The summed E-state index contributed by atoms with van der Waals surface area (Å²) >= 11 is 0. The number of β-lactam (4-membered cyclic amide) rings is 1. The molecule has 2 bridgehead atoms. The minimum Gasteiger partial charge on any atom is -0.484 e. The Kier molecular flexibility index (Phi) is 5.51. The molecule has 1 aromatic carbocycles. The molecule has 128 valence electrons. The number of allylic oxidation sites excluding steroid dienone is 2. The standard InChI is InChI=1S/C19H24N2O3/c22-18(15-24-16-10-6-5-7-11-16)21-13-9-4-2-1-3-8-12-20-14-17(21)19(20)23/h1-2,5-7,10-11,17H,3-4,8-9,12-15H2/b2-1-/t17-/m0/s1. The molecule has 0 saturated carbocycles. The Bertz CT molecular complexity index is 600. The van der Waals surface area contributed by atoms with Crippen LogP contribution in [0.25, 0.3) is 0 Å². The molecule has 0 spiro atoms. The number of benzene rings is 1. The Morgan fingerprint density at radius 3 is 2.50 bits per heavy atom. The molecular formula is C19H24N2O3. The minimum absolute atomic E-state index is 0.0242. The first-order valence-electron chi connectivity index (χ1n) is 8.67. The number of hydrogen-bond donors (Lipinski definition) is 0. The molecule has 1 aromatic rings. The highest BCUT2D eigenvalue weighted by molar-refractivity contribution is 5.92. The topological polar surface area (TPSA) is 49.9 Å². The molecule has 3 aliphatic rings. The van der Waals surface area contributed by atoms with E-state index in [1.54, 1.807) is 4.90 Å². The van der Waals surface area contributed by atoms with Crippen molar-refractivity contribution in [2.75, 3.05) is 26.2 Å². The van der Waals surface area contributed by atoms with Crippen LogP contribution in [0.2, 0.25) is 0 Å². The first-order valence-corrected chi connectivity index (χ1v) is 8.67. The van der Waals surface area contributed by atoms with Gasteiger partial charge in [-0.1, -0.05) is 30.4 Å². The summed E-state index contributed by atoms with van der Waals surface area (Å²) in [5.41, 5.74) is 0. The van der Waals surface area contributed by atoms with Gasteiger partial charge in [0.15, 0.2) is 6.61 Å². The van der Waals surface area contributed by atoms with E-state index in [0.29, 0.717) is 18.8 Å². The zero-order chi connectivity index (χ0) is 16.8. The largest absolute Gasteiger partial charge is 0.484 e. The van der Waals surface area contributed by atoms with E-state index in [1.807, 2.05) is 35.2 Å². The molecule has 4 rings (SSSR count). The van der Waals surface area contributed by atoms with Crippen molar-refractivity contribution in [2.24, 2.45) is 0 Å². The van der Waals surface area contributed by atoms with Gasteiger partial charge in [0.1, 0.15) is 11.8 Å². The molecule has 5 heteroatoms. The van der Waals surface area contributed by atoms with Gasteiger partial charge >= 0.3 is 0 Å². The predicted molar refractivity (Wildman–Crippen MR) is 91.6 cm³/mol. The van der Waals surface area contributed by atoms with Gasteiger partial charge < -0.3 is 14.5 Å². The number of carbonyl (C=O) groups excluding carboxylic acids is 2. The maximum absolute atomic E-state index is 12.6. The first kappa shape index (κ1) is 16.6. The number of amides is 2. The number of rotatable bonds is 3. The van der Waals surface area contributed by atoms with Gasteiger partial charge in [0.25, 0.3) is 5.91 Å². The third-order valence-electron chi connectivity index (χ3n) is 4.53. The van der Waals surface area contributed by atoms with E-state index in [1.165, 1.54) is 0 Å². The zero-order valence-corrected chi connectivity index (χ0v) is 13.9. The van der Waals surface area contributed by atoms with E-state index in [9.17, 15) is 9.59 Å². The number of ether oxygens (including phenoxy) is 1. The molecule has 1 atom stereocenters. The highest BCUT2D eigenvalue weighted by Crippen LogP contribution is 2.20. The maximum atomic E-state index is 12.6. The Morgan fingerprint density at radius 1 is 1.08 bits per heavy atom. The summed E-state index contributed by atoms with van der Waals surface area (Å²) < 4.78 is 5.56. The average molecular weight is 328 g/mol. The molecule has 0 unspecified atom stereocenters. The van der Waals surface area contributed by atoms with Gasteiger partial charge in [-0.05, 0) is 37.8 Å². The van der Waals surface area contributed by atoms with Crippen LogP contribution in [0.1, 0.15) is 25.7 Å². The van der Waals surface area contributed by atoms with Gasteiger partial charge in [0.2, 0.25) is 5.91 Å². The summed E-state index contributed by atoms with van der Waals surface area (Å²) in [6, 6.07) is 8.99. The van der Waals surface area contributed by atoms with Gasteiger partial charge in [0.05, 0.1) is 6.54 Å². The molecule has 5 nitrogen and oxygen atoms in total. The zero-order valence-electron chi connectivity index (χ0n) is 13.9. The second-order valence-electron chi connectivity index (χ2n) is 6.24. The Morgan fingerprint density at radius 2 is 1.79 bits per heavy atom. The second-order valence-corrected chi connectivity index (χ2v) is 6.24. The van der Waals surface area contributed by atoms with Crippen molar-refractivity contribution in [3.8, 4) is 5.75 Å². The monoisotopic (exact) mass is 328 g/mol. The van der Waals surface area contributed by atoms with Crippen molar-refractivity contribution in [2.45, 2.75) is 31.7 Å². The fraction of sp³-hybridized carbons (Fsp3) is 0.474. The van der Waals surface area contributed by atoms with Gasteiger partial charge in [0, 0.05) is 13.1 Å². The maximum Gasteiger partial charge on any atom is 0.261 e. The minimum atomic E-state index is -0.305. The number of fused-ring (bicyclic) bond motifs is 7. The lowest BCUT2D eigenvalue weighted by atomic mass is 10.0. The Hall–Kier alpha value is -2.30. The summed E-state index contributed by atoms with van der Waals surface area (Å²) in [7, 11) is 0. The summed E-state index contributed by atoms with van der Waals surface area (Å²) in [6.45, 7) is 2.01. The quantitative estimate of drug-likeness (QED) is 0.631. The Labute approximate surface area is 142 Å². The normalized spacial score (nSPS) is 22.8. The molecule has 3 heterocycles. The second kappa shape index (κ2) is 7.99. The summed E-state index contributed by atoms with van der Waals surface area (Å²) in [4.78, 5) is 28.5.